The molecule has 0 fully saturated rings. The van der Waals surface area contributed by atoms with Crippen molar-refractivity contribution in [1.29, 1.82) is 0 Å². The first-order valence-corrected chi connectivity index (χ1v) is 13.4. The van der Waals surface area contributed by atoms with Gasteiger partial charge in [0.2, 0.25) is 0 Å². The van der Waals surface area contributed by atoms with E-state index in [-0.39, 0.29) is 10.6 Å². The van der Waals surface area contributed by atoms with Gasteiger partial charge in [-0.3, -0.25) is 0 Å². The molecule has 0 aliphatic rings. The number of halogens is 1. The zero-order chi connectivity index (χ0) is 24.4. The number of aromatic nitrogens is 2. The Hall–Kier alpha value is -3.43. The van der Waals surface area contributed by atoms with Crippen molar-refractivity contribution in [2.24, 2.45) is 0 Å². The van der Waals surface area contributed by atoms with E-state index in [0.717, 1.165) is 31.6 Å². The molecule has 1 heterocycles. The molecule has 0 amide bonds. The second-order valence-corrected chi connectivity index (χ2v) is 10.7. The van der Waals surface area contributed by atoms with Crippen LogP contribution in [-0.4, -0.2) is 18.2 Å². The normalized spacial score (nSPS) is 11.4. The summed E-state index contributed by atoms with van der Waals surface area (Å²) in [6.07, 6.45) is 1.81. The third kappa shape index (κ3) is 4.74. The molecule has 174 valence electrons. The molecule has 0 radical (unpaired) electrons. The molecular formula is C28H21IN2O3S. The molecule has 0 bridgehead atoms. The number of nitrogens with zero attached hydrogens (tertiary/aromatic N) is 2. The van der Waals surface area contributed by atoms with Crippen molar-refractivity contribution in [3.8, 4) is 33.8 Å². The van der Waals surface area contributed by atoms with Gasteiger partial charge in [0, 0.05) is 14.7 Å². The van der Waals surface area contributed by atoms with Crippen molar-refractivity contribution < 1.29 is 12.6 Å². The molecular weight excluding hydrogens is 571 g/mol. The number of para-hydroxylation sites is 2. The molecule has 5 rings (SSSR count). The predicted molar refractivity (Wildman–Crippen MR) is 146 cm³/mol. The molecule has 0 saturated carbocycles. The van der Waals surface area contributed by atoms with Crippen molar-refractivity contribution >= 4 is 32.7 Å². The van der Waals surface area contributed by atoms with Crippen LogP contribution in [0.5, 0.6) is 5.75 Å². The van der Waals surface area contributed by atoms with Crippen LogP contribution in [0.4, 0.5) is 0 Å². The molecule has 0 unspecified atom stereocenters. The molecule has 0 aliphatic heterocycles. The van der Waals surface area contributed by atoms with E-state index in [0.29, 0.717) is 5.56 Å². The van der Waals surface area contributed by atoms with E-state index in [1.165, 1.54) is 0 Å². The van der Waals surface area contributed by atoms with Gasteiger partial charge in [-0.2, -0.15) is 13.5 Å². The van der Waals surface area contributed by atoms with Crippen LogP contribution in [0.3, 0.4) is 0 Å². The molecule has 7 heteroatoms. The zero-order valence-corrected chi connectivity index (χ0v) is 21.8. The van der Waals surface area contributed by atoms with E-state index >= 15 is 0 Å². The van der Waals surface area contributed by atoms with Gasteiger partial charge < -0.3 is 4.18 Å². The van der Waals surface area contributed by atoms with Crippen LogP contribution in [0, 0.1) is 10.5 Å². The van der Waals surface area contributed by atoms with Crippen LogP contribution >= 0.6 is 22.6 Å². The maximum Gasteiger partial charge on any atom is 0.339 e. The van der Waals surface area contributed by atoms with E-state index in [9.17, 15) is 8.42 Å². The van der Waals surface area contributed by atoms with Crippen LogP contribution in [0.2, 0.25) is 0 Å². The molecule has 35 heavy (non-hydrogen) atoms. The Kier molecular flexibility index (Phi) is 6.44. The van der Waals surface area contributed by atoms with E-state index in [4.69, 9.17) is 9.28 Å². The Labute approximate surface area is 218 Å². The number of benzene rings is 4. The minimum absolute atomic E-state index is 0.104. The Morgan fingerprint density at radius 1 is 0.743 bits per heavy atom. The van der Waals surface area contributed by atoms with E-state index in [2.05, 4.69) is 22.6 Å². The Morgan fingerprint density at radius 3 is 2.09 bits per heavy atom. The average molecular weight is 592 g/mol. The fraction of sp³-hybridized carbons (Fsp3) is 0.0357. The van der Waals surface area contributed by atoms with E-state index < -0.39 is 10.1 Å². The Morgan fingerprint density at radius 2 is 1.37 bits per heavy atom. The summed E-state index contributed by atoms with van der Waals surface area (Å²) in [7, 11) is -4.04. The summed E-state index contributed by atoms with van der Waals surface area (Å²) >= 11 is 2.30. The fourth-order valence-corrected chi connectivity index (χ4v) is 5.48. The number of rotatable bonds is 6. The predicted octanol–water partition coefficient (Wildman–Crippen LogP) is 6.89. The SMILES string of the molecule is Cc1ccc(S(=O)(=O)Oc2ccccc2-c2c(-c3ccccc3I)cnn2-c2ccccc2)cc1. The summed E-state index contributed by atoms with van der Waals surface area (Å²) in [5.41, 5.74) is 5.08. The highest BCUT2D eigenvalue weighted by molar-refractivity contribution is 14.1. The maximum atomic E-state index is 13.2. The van der Waals surface area contributed by atoms with Gasteiger partial charge in [-0.15, -0.1) is 0 Å². The Balaban J connectivity index is 1.70. The summed E-state index contributed by atoms with van der Waals surface area (Å²) in [5, 5.41) is 4.69. The summed E-state index contributed by atoms with van der Waals surface area (Å²) in [6, 6.07) is 31.5. The summed E-state index contributed by atoms with van der Waals surface area (Å²) in [4.78, 5) is 0.104. The highest BCUT2D eigenvalue weighted by Crippen LogP contribution is 2.40. The highest BCUT2D eigenvalue weighted by atomic mass is 127. The van der Waals surface area contributed by atoms with Gasteiger partial charge in [0.15, 0.2) is 5.75 Å². The number of aryl methyl sites for hydroxylation is 1. The van der Waals surface area contributed by atoms with Crippen molar-refractivity contribution in [1.82, 2.24) is 9.78 Å². The minimum atomic E-state index is -4.04. The first-order chi connectivity index (χ1) is 16.9. The molecule has 0 spiro atoms. The van der Waals surface area contributed by atoms with Gasteiger partial charge >= 0.3 is 10.1 Å². The summed E-state index contributed by atoms with van der Waals surface area (Å²) < 4.78 is 34.9. The van der Waals surface area contributed by atoms with Gasteiger partial charge in [-0.25, -0.2) is 4.68 Å². The molecule has 0 saturated heterocycles. The van der Waals surface area contributed by atoms with Crippen LogP contribution < -0.4 is 4.18 Å². The third-order valence-electron chi connectivity index (χ3n) is 5.59. The molecule has 4 aromatic carbocycles. The van der Waals surface area contributed by atoms with Crippen molar-refractivity contribution in [3.63, 3.8) is 0 Å². The quantitative estimate of drug-likeness (QED) is 0.159. The standard InChI is InChI=1S/C28H21IN2O3S/c1-20-15-17-22(18-16-20)35(32,33)34-27-14-8-6-12-24(27)28-25(23-11-5-7-13-26(23)29)19-30-31(28)21-9-3-2-4-10-21/h2-19H,1H3. The lowest BCUT2D eigenvalue weighted by molar-refractivity contribution is 0.486. The monoisotopic (exact) mass is 592 g/mol. The topological polar surface area (TPSA) is 61.2 Å². The largest absolute Gasteiger partial charge is 0.378 e. The van der Waals surface area contributed by atoms with Crippen molar-refractivity contribution in [2.75, 3.05) is 0 Å². The molecule has 0 N–H and O–H groups in total. The first kappa shape index (κ1) is 23.3. The molecule has 5 nitrogen and oxygen atoms in total. The molecule has 1 aromatic heterocycles. The van der Waals surface area contributed by atoms with Crippen molar-refractivity contribution in [3.05, 3.63) is 118 Å². The lowest BCUT2D eigenvalue weighted by Crippen LogP contribution is -2.11. The van der Waals surface area contributed by atoms with Gasteiger partial charge in [-0.1, -0.05) is 66.2 Å². The second kappa shape index (κ2) is 9.67. The number of hydrogen-bond acceptors (Lipinski definition) is 4. The van der Waals surface area contributed by atoms with Gasteiger partial charge in [0.1, 0.15) is 4.90 Å². The summed E-state index contributed by atoms with van der Waals surface area (Å²) in [6.45, 7) is 1.91. The van der Waals surface area contributed by atoms with Crippen molar-refractivity contribution in [2.45, 2.75) is 11.8 Å². The van der Waals surface area contributed by atoms with E-state index in [1.54, 1.807) is 36.4 Å². The fourth-order valence-electron chi connectivity index (χ4n) is 3.86. The smallest absolute Gasteiger partial charge is 0.339 e. The maximum absolute atomic E-state index is 13.2. The second-order valence-electron chi connectivity index (χ2n) is 7.98. The molecule has 0 aliphatic carbocycles. The van der Waals surface area contributed by atoms with Crippen LogP contribution in [0.25, 0.3) is 28.1 Å². The Bertz CT molecular complexity index is 1600. The van der Waals surface area contributed by atoms with E-state index in [1.807, 2.05) is 84.5 Å². The van der Waals surface area contributed by atoms with Gasteiger partial charge in [-0.05, 0) is 77.5 Å². The van der Waals surface area contributed by atoms with Gasteiger partial charge in [0.25, 0.3) is 0 Å². The van der Waals surface area contributed by atoms with Gasteiger partial charge in [0.05, 0.1) is 17.6 Å². The summed E-state index contributed by atoms with van der Waals surface area (Å²) in [5.74, 6) is 0.234. The molecule has 5 aromatic rings. The van der Waals surface area contributed by atoms with Crippen LogP contribution in [0.1, 0.15) is 5.56 Å². The third-order valence-corrected chi connectivity index (χ3v) is 7.77. The minimum Gasteiger partial charge on any atom is -0.378 e. The lowest BCUT2D eigenvalue weighted by atomic mass is 10.0. The highest BCUT2D eigenvalue weighted by Gasteiger charge is 2.24. The van der Waals surface area contributed by atoms with Crippen LogP contribution in [-0.2, 0) is 10.1 Å². The van der Waals surface area contributed by atoms with Crippen LogP contribution in [0.15, 0.2) is 114 Å². The lowest BCUT2D eigenvalue weighted by Gasteiger charge is -2.15. The first-order valence-electron chi connectivity index (χ1n) is 10.9. The number of hydrogen-bond donors (Lipinski definition) is 0. The zero-order valence-electron chi connectivity index (χ0n) is 18.8. The average Bonchev–Trinajstić information content (AvgIpc) is 3.30. The molecule has 0 atom stereocenters.